The average Bonchev–Trinajstić information content (AvgIpc) is 2.48. The Kier molecular flexibility index (Phi) is 4.15. The van der Waals surface area contributed by atoms with Crippen LogP contribution in [-0.4, -0.2) is 24.2 Å². The molecule has 0 radical (unpaired) electrons. The highest BCUT2D eigenvalue weighted by Gasteiger charge is 2.13. The van der Waals surface area contributed by atoms with Crippen molar-refractivity contribution in [3.8, 4) is 23.3 Å². The van der Waals surface area contributed by atoms with Crippen LogP contribution in [0.15, 0.2) is 30.6 Å². The molecule has 0 atom stereocenters. The maximum Gasteiger partial charge on any atom is 0.322 e. The van der Waals surface area contributed by atoms with E-state index in [2.05, 4.69) is 9.97 Å². The highest BCUT2D eigenvalue weighted by Crippen LogP contribution is 2.38. The van der Waals surface area contributed by atoms with E-state index in [1.807, 2.05) is 6.07 Å². The lowest BCUT2D eigenvalue weighted by Crippen LogP contribution is -2.00. The molecule has 0 fully saturated rings. The van der Waals surface area contributed by atoms with Gasteiger partial charge in [0.05, 0.1) is 14.2 Å². The number of rotatable bonds is 5. The normalized spacial score (nSPS) is 10.1. The van der Waals surface area contributed by atoms with Gasteiger partial charge in [-0.05, 0) is 12.1 Å². The van der Waals surface area contributed by atoms with E-state index in [9.17, 15) is 0 Å². The highest BCUT2D eigenvalue weighted by molar-refractivity contribution is 5.52. The lowest BCUT2D eigenvalue weighted by molar-refractivity contribution is 0.336. The van der Waals surface area contributed by atoms with Gasteiger partial charge in [0.25, 0.3) is 0 Å². The van der Waals surface area contributed by atoms with Crippen molar-refractivity contribution in [3.05, 3.63) is 36.2 Å². The Morgan fingerprint density at radius 3 is 2.11 bits per heavy atom. The number of nitrogens with zero attached hydrogens (tertiary/aromatic N) is 2. The van der Waals surface area contributed by atoms with E-state index in [4.69, 9.17) is 19.9 Å². The van der Waals surface area contributed by atoms with Crippen molar-refractivity contribution >= 4 is 0 Å². The zero-order valence-corrected chi connectivity index (χ0v) is 10.8. The molecular weight excluding hydrogens is 246 g/mol. The summed E-state index contributed by atoms with van der Waals surface area (Å²) in [6.07, 6.45) is 3.23. The number of aromatic nitrogens is 2. The number of para-hydroxylation sites is 1. The smallest absolute Gasteiger partial charge is 0.322 e. The molecule has 0 saturated heterocycles. The first-order chi connectivity index (χ1) is 9.28. The van der Waals surface area contributed by atoms with Gasteiger partial charge in [-0.15, -0.1) is 0 Å². The predicted octanol–water partition coefficient (Wildman–Crippen LogP) is 1.74. The van der Waals surface area contributed by atoms with Gasteiger partial charge in [0.1, 0.15) is 0 Å². The number of benzene rings is 1. The Hall–Kier alpha value is -2.34. The summed E-state index contributed by atoms with van der Waals surface area (Å²) in [7, 11) is 3.11. The molecule has 1 aromatic heterocycles. The maximum atomic E-state index is 5.61. The van der Waals surface area contributed by atoms with Crippen LogP contribution in [0.4, 0.5) is 0 Å². The van der Waals surface area contributed by atoms with Crippen molar-refractivity contribution in [1.82, 2.24) is 9.97 Å². The monoisotopic (exact) mass is 261 g/mol. The lowest BCUT2D eigenvalue weighted by atomic mass is 10.3. The zero-order chi connectivity index (χ0) is 13.7. The Morgan fingerprint density at radius 1 is 1.05 bits per heavy atom. The second-order valence-corrected chi connectivity index (χ2v) is 3.67. The van der Waals surface area contributed by atoms with E-state index in [0.29, 0.717) is 23.8 Å². The third kappa shape index (κ3) is 2.92. The first-order valence-electron chi connectivity index (χ1n) is 5.68. The van der Waals surface area contributed by atoms with Gasteiger partial charge < -0.3 is 19.9 Å². The van der Waals surface area contributed by atoms with Crippen molar-refractivity contribution in [2.45, 2.75) is 6.54 Å². The second-order valence-electron chi connectivity index (χ2n) is 3.67. The summed E-state index contributed by atoms with van der Waals surface area (Å²) in [5.74, 6) is 1.53. The van der Waals surface area contributed by atoms with Crippen LogP contribution >= 0.6 is 0 Å². The van der Waals surface area contributed by atoms with Gasteiger partial charge in [-0.1, -0.05) is 6.07 Å². The molecule has 6 heteroatoms. The van der Waals surface area contributed by atoms with Crippen LogP contribution in [0, 0.1) is 0 Å². The van der Waals surface area contributed by atoms with Gasteiger partial charge in [0, 0.05) is 24.5 Å². The van der Waals surface area contributed by atoms with Crippen LogP contribution in [-0.2, 0) is 6.54 Å². The minimum absolute atomic E-state index is 0.208. The number of hydrogen-bond donors (Lipinski definition) is 1. The molecular formula is C13H15N3O3. The van der Waals surface area contributed by atoms with Gasteiger partial charge in [-0.3, -0.25) is 0 Å². The van der Waals surface area contributed by atoms with Gasteiger partial charge in [-0.2, -0.15) is 0 Å². The van der Waals surface area contributed by atoms with E-state index >= 15 is 0 Å². The number of methoxy groups -OCH3 is 2. The molecule has 2 N–H and O–H groups in total. The molecule has 0 amide bonds. The third-order valence-electron chi connectivity index (χ3n) is 2.49. The molecule has 0 aliphatic heterocycles. The molecule has 0 spiro atoms. The topological polar surface area (TPSA) is 79.5 Å². The molecule has 0 unspecified atom stereocenters. The molecule has 0 bridgehead atoms. The van der Waals surface area contributed by atoms with Crippen LogP contribution in [0.1, 0.15) is 5.56 Å². The Bertz CT molecular complexity index is 521. The fourth-order valence-electron chi connectivity index (χ4n) is 1.51. The Morgan fingerprint density at radius 2 is 1.63 bits per heavy atom. The van der Waals surface area contributed by atoms with Crippen molar-refractivity contribution in [1.29, 1.82) is 0 Å². The zero-order valence-electron chi connectivity index (χ0n) is 10.8. The van der Waals surface area contributed by atoms with Crippen molar-refractivity contribution in [3.63, 3.8) is 0 Å². The Labute approximate surface area is 111 Å². The fraction of sp³-hybridized carbons (Fsp3) is 0.231. The Balaban J connectivity index is 2.30. The summed E-state index contributed by atoms with van der Waals surface area (Å²) in [5, 5.41) is 0. The first-order valence-corrected chi connectivity index (χ1v) is 5.68. The standard InChI is InChI=1S/C13H15N3O3/c1-17-10-4-3-5-11(18-2)12(10)19-13-15-7-9(6-14)8-16-13/h3-5,7-8H,6,14H2,1-2H3. The molecule has 1 heterocycles. The van der Waals surface area contributed by atoms with Gasteiger partial charge in [0.15, 0.2) is 11.5 Å². The predicted molar refractivity (Wildman–Crippen MR) is 69.5 cm³/mol. The molecule has 19 heavy (non-hydrogen) atoms. The van der Waals surface area contributed by atoms with E-state index in [-0.39, 0.29) is 6.01 Å². The van der Waals surface area contributed by atoms with Crippen molar-refractivity contribution in [2.75, 3.05) is 14.2 Å². The van der Waals surface area contributed by atoms with E-state index in [1.54, 1.807) is 38.7 Å². The molecule has 1 aromatic carbocycles. The van der Waals surface area contributed by atoms with Crippen molar-refractivity contribution in [2.24, 2.45) is 5.73 Å². The van der Waals surface area contributed by atoms with E-state index in [0.717, 1.165) is 5.56 Å². The molecule has 2 rings (SSSR count). The van der Waals surface area contributed by atoms with Gasteiger partial charge in [-0.25, -0.2) is 9.97 Å². The SMILES string of the molecule is COc1cccc(OC)c1Oc1ncc(CN)cn1. The number of ether oxygens (including phenoxy) is 3. The number of hydrogen-bond acceptors (Lipinski definition) is 6. The molecule has 100 valence electrons. The van der Waals surface area contributed by atoms with Crippen LogP contribution < -0.4 is 19.9 Å². The van der Waals surface area contributed by atoms with Gasteiger partial charge >= 0.3 is 6.01 Å². The van der Waals surface area contributed by atoms with Crippen LogP contribution in [0.2, 0.25) is 0 Å². The van der Waals surface area contributed by atoms with E-state index < -0.39 is 0 Å². The third-order valence-corrected chi connectivity index (χ3v) is 2.49. The highest BCUT2D eigenvalue weighted by atomic mass is 16.5. The van der Waals surface area contributed by atoms with Crippen LogP contribution in [0.25, 0.3) is 0 Å². The molecule has 0 aliphatic rings. The molecule has 2 aromatic rings. The minimum atomic E-state index is 0.208. The van der Waals surface area contributed by atoms with E-state index in [1.165, 1.54) is 0 Å². The fourth-order valence-corrected chi connectivity index (χ4v) is 1.51. The average molecular weight is 261 g/mol. The van der Waals surface area contributed by atoms with Gasteiger partial charge in [0.2, 0.25) is 5.75 Å². The minimum Gasteiger partial charge on any atom is -0.493 e. The molecule has 0 saturated carbocycles. The van der Waals surface area contributed by atoms with Crippen molar-refractivity contribution < 1.29 is 14.2 Å². The summed E-state index contributed by atoms with van der Waals surface area (Å²) in [6, 6.07) is 5.56. The summed E-state index contributed by atoms with van der Waals surface area (Å²) in [6.45, 7) is 0.387. The largest absolute Gasteiger partial charge is 0.493 e. The molecule has 6 nitrogen and oxygen atoms in total. The number of nitrogens with two attached hydrogens (primary N) is 1. The maximum absolute atomic E-state index is 5.61. The summed E-state index contributed by atoms with van der Waals surface area (Å²) in [4.78, 5) is 8.14. The summed E-state index contributed by atoms with van der Waals surface area (Å²) >= 11 is 0. The summed E-state index contributed by atoms with van der Waals surface area (Å²) < 4.78 is 16.1. The molecule has 0 aliphatic carbocycles. The lowest BCUT2D eigenvalue weighted by Gasteiger charge is -2.12. The summed E-state index contributed by atoms with van der Waals surface area (Å²) in [5.41, 5.74) is 6.32. The second kappa shape index (κ2) is 6.01. The quantitative estimate of drug-likeness (QED) is 0.883. The first kappa shape index (κ1) is 13.1. The van der Waals surface area contributed by atoms with Crippen LogP contribution in [0.5, 0.6) is 23.3 Å². The van der Waals surface area contributed by atoms with Crippen LogP contribution in [0.3, 0.4) is 0 Å².